The van der Waals surface area contributed by atoms with E-state index in [-0.39, 0.29) is 29.1 Å². The fraction of sp³-hybridized carbons (Fsp3) is 0.857. The minimum absolute atomic E-state index is 0.00412. The van der Waals surface area contributed by atoms with E-state index in [1.54, 1.807) is 0 Å². The standard InChI is InChI=1S/C14H26BrNO3Si/c1-13(2,3)14(4,19-20(5)6)11-10(16-12(11)18)7-9(17)8-15/h10-11,20H,7-8H2,1-6H3,(H,16,18)/t10-,11-,14?/m1/s1. The van der Waals surface area contributed by atoms with E-state index < -0.39 is 14.6 Å². The highest BCUT2D eigenvalue weighted by Gasteiger charge is 2.57. The summed E-state index contributed by atoms with van der Waals surface area (Å²) in [6.45, 7) is 12.5. The van der Waals surface area contributed by atoms with Gasteiger partial charge >= 0.3 is 0 Å². The third-order valence-electron chi connectivity index (χ3n) is 4.17. The van der Waals surface area contributed by atoms with E-state index in [2.05, 4.69) is 55.1 Å². The molecule has 1 amide bonds. The van der Waals surface area contributed by atoms with Gasteiger partial charge in [0.1, 0.15) is 5.78 Å². The largest absolute Gasteiger partial charge is 0.414 e. The third kappa shape index (κ3) is 3.51. The van der Waals surface area contributed by atoms with Crippen molar-refractivity contribution in [3.05, 3.63) is 0 Å². The Hall–Kier alpha value is -0.203. The lowest BCUT2D eigenvalue weighted by Gasteiger charge is -2.54. The molecule has 1 aliphatic heterocycles. The molecule has 20 heavy (non-hydrogen) atoms. The second kappa shape index (κ2) is 6.28. The number of carbonyl (C=O) groups excluding carboxylic acids is 2. The average Bonchev–Trinajstić information content (AvgIpc) is 2.24. The van der Waals surface area contributed by atoms with Crippen molar-refractivity contribution in [3.63, 3.8) is 0 Å². The Balaban J connectivity index is 3.00. The first kappa shape index (κ1) is 17.8. The van der Waals surface area contributed by atoms with Crippen LogP contribution in [0.3, 0.4) is 0 Å². The lowest BCUT2D eigenvalue weighted by Crippen LogP contribution is -2.70. The fourth-order valence-electron chi connectivity index (χ4n) is 2.75. The predicted molar refractivity (Wildman–Crippen MR) is 86.7 cm³/mol. The summed E-state index contributed by atoms with van der Waals surface area (Å²) in [7, 11) is -1.30. The molecule has 1 fully saturated rings. The summed E-state index contributed by atoms with van der Waals surface area (Å²) in [5.74, 6) is -0.136. The van der Waals surface area contributed by atoms with Crippen LogP contribution < -0.4 is 5.32 Å². The normalized spacial score (nSPS) is 25.9. The van der Waals surface area contributed by atoms with E-state index in [0.29, 0.717) is 11.8 Å². The van der Waals surface area contributed by atoms with Gasteiger partial charge in [0.15, 0.2) is 9.04 Å². The molecule has 0 aliphatic carbocycles. The van der Waals surface area contributed by atoms with Gasteiger partial charge in [0.2, 0.25) is 5.91 Å². The second-order valence-corrected chi connectivity index (χ2v) is 9.89. The number of hydrogen-bond acceptors (Lipinski definition) is 3. The van der Waals surface area contributed by atoms with Gasteiger partial charge in [-0.1, -0.05) is 36.7 Å². The molecular weight excluding hydrogens is 338 g/mol. The number of ketones is 1. The molecule has 116 valence electrons. The van der Waals surface area contributed by atoms with Gasteiger partial charge in [-0.25, -0.2) is 0 Å². The van der Waals surface area contributed by atoms with Gasteiger partial charge in [0.05, 0.1) is 22.9 Å². The number of halogens is 1. The van der Waals surface area contributed by atoms with Crippen LogP contribution in [-0.4, -0.2) is 37.7 Å². The van der Waals surface area contributed by atoms with Crippen molar-refractivity contribution >= 4 is 36.7 Å². The Bertz CT molecular complexity index is 394. The number of Topliss-reactive ketones (excluding diaryl/α,β-unsaturated/α-hetero) is 1. The van der Waals surface area contributed by atoms with Crippen molar-refractivity contribution in [1.29, 1.82) is 0 Å². The van der Waals surface area contributed by atoms with Crippen LogP contribution in [0.15, 0.2) is 0 Å². The average molecular weight is 364 g/mol. The van der Waals surface area contributed by atoms with Crippen LogP contribution in [0.5, 0.6) is 0 Å². The van der Waals surface area contributed by atoms with Crippen molar-refractivity contribution in [2.24, 2.45) is 11.3 Å². The van der Waals surface area contributed by atoms with Crippen LogP contribution in [0.2, 0.25) is 13.1 Å². The number of β-lactam (4-membered cyclic amide) rings is 1. The first-order chi connectivity index (χ1) is 9.02. The summed E-state index contributed by atoms with van der Waals surface area (Å²) < 4.78 is 6.28. The Kier molecular flexibility index (Phi) is 5.60. The van der Waals surface area contributed by atoms with E-state index in [9.17, 15) is 9.59 Å². The molecule has 1 rings (SSSR count). The van der Waals surface area contributed by atoms with Crippen LogP contribution in [0.1, 0.15) is 34.1 Å². The Morgan fingerprint density at radius 1 is 1.35 bits per heavy atom. The highest BCUT2D eigenvalue weighted by atomic mass is 79.9. The summed E-state index contributed by atoms with van der Waals surface area (Å²) in [5.41, 5.74) is -0.699. The molecule has 3 atom stereocenters. The first-order valence-corrected chi connectivity index (χ1v) is 11.0. The van der Waals surface area contributed by atoms with Gasteiger partial charge in [-0.3, -0.25) is 9.59 Å². The molecule has 0 saturated carbocycles. The Morgan fingerprint density at radius 2 is 1.90 bits per heavy atom. The molecule has 1 N–H and O–H groups in total. The molecule has 4 nitrogen and oxygen atoms in total. The maximum Gasteiger partial charge on any atom is 0.228 e. The highest BCUT2D eigenvalue weighted by molar-refractivity contribution is 9.09. The second-order valence-electron chi connectivity index (χ2n) is 6.99. The molecule has 0 aromatic rings. The molecule has 0 aromatic carbocycles. The van der Waals surface area contributed by atoms with Crippen molar-refractivity contribution < 1.29 is 14.0 Å². The van der Waals surface area contributed by atoms with E-state index >= 15 is 0 Å². The molecule has 0 radical (unpaired) electrons. The van der Waals surface area contributed by atoms with Crippen molar-refractivity contribution in [3.8, 4) is 0 Å². The van der Waals surface area contributed by atoms with Gasteiger partial charge in [-0.2, -0.15) is 0 Å². The Labute approximate surface area is 131 Å². The summed E-state index contributed by atoms with van der Waals surface area (Å²) >= 11 is 3.18. The monoisotopic (exact) mass is 363 g/mol. The molecule has 0 bridgehead atoms. The van der Waals surface area contributed by atoms with E-state index in [0.717, 1.165) is 0 Å². The van der Waals surface area contributed by atoms with Crippen LogP contribution in [-0.2, 0) is 14.0 Å². The minimum atomic E-state index is -1.30. The molecular formula is C14H26BrNO3Si. The molecule has 1 saturated heterocycles. The van der Waals surface area contributed by atoms with Crippen molar-refractivity contribution in [2.45, 2.75) is 58.9 Å². The van der Waals surface area contributed by atoms with Crippen LogP contribution >= 0.6 is 15.9 Å². The van der Waals surface area contributed by atoms with Crippen molar-refractivity contribution in [1.82, 2.24) is 5.32 Å². The smallest absolute Gasteiger partial charge is 0.228 e. The van der Waals surface area contributed by atoms with Gasteiger partial charge < -0.3 is 9.74 Å². The summed E-state index contributed by atoms with van der Waals surface area (Å²) in [6, 6.07) is -0.107. The SMILES string of the molecule is C[SiH](C)OC(C)([C@H]1C(=O)N[C@@H]1CC(=O)CBr)C(C)(C)C. The lowest BCUT2D eigenvalue weighted by atomic mass is 9.64. The summed E-state index contributed by atoms with van der Waals surface area (Å²) in [6.07, 6.45) is 0.371. The van der Waals surface area contributed by atoms with Crippen LogP contribution in [0.25, 0.3) is 0 Å². The molecule has 6 heteroatoms. The molecule has 1 aliphatic rings. The van der Waals surface area contributed by atoms with E-state index in [1.165, 1.54) is 0 Å². The number of carbonyl (C=O) groups is 2. The number of nitrogens with one attached hydrogen (secondary N) is 1. The molecule has 1 unspecified atom stereocenters. The zero-order valence-corrected chi connectivity index (χ0v) is 16.0. The lowest BCUT2D eigenvalue weighted by molar-refractivity contribution is -0.160. The van der Waals surface area contributed by atoms with Gasteiger partial charge in [-0.15, -0.1) is 0 Å². The minimum Gasteiger partial charge on any atom is -0.414 e. The van der Waals surface area contributed by atoms with Crippen molar-refractivity contribution in [2.75, 3.05) is 5.33 Å². The zero-order chi connectivity index (χ0) is 15.7. The molecule has 0 spiro atoms. The number of amides is 1. The summed E-state index contributed by atoms with van der Waals surface area (Å²) in [5, 5.41) is 3.20. The van der Waals surface area contributed by atoms with E-state index in [1.807, 2.05) is 6.92 Å². The Morgan fingerprint density at radius 3 is 2.25 bits per heavy atom. The highest BCUT2D eigenvalue weighted by Crippen LogP contribution is 2.45. The zero-order valence-electron chi connectivity index (χ0n) is 13.2. The van der Waals surface area contributed by atoms with Gasteiger partial charge in [0, 0.05) is 6.42 Å². The topological polar surface area (TPSA) is 55.4 Å². The van der Waals surface area contributed by atoms with E-state index in [4.69, 9.17) is 4.43 Å². The van der Waals surface area contributed by atoms with Gasteiger partial charge in [0.25, 0.3) is 0 Å². The maximum absolute atomic E-state index is 12.1. The predicted octanol–water partition coefficient (Wildman–Crippen LogP) is 2.26. The number of alkyl halides is 1. The van der Waals surface area contributed by atoms with Crippen LogP contribution in [0.4, 0.5) is 0 Å². The fourth-order valence-corrected chi connectivity index (χ4v) is 4.46. The quantitative estimate of drug-likeness (QED) is 0.447. The maximum atomic E-state index is 12.1. The third-order valence-corrected chi connectivity index (χ3v) is 5.76. The molecule has 1 heterocycles. The number of rotatable bonds is 6. The van der Waals surface area contributed by atoms with Gasteiger partial charge in [-0.05, 0) is 25.4 Å². The summed E-state index contributed by atoms with van der Waals surface area (Å²) in [4.78, 5) is 23.7. The van der Waals surface area contributed by atoms with Crippen LogP contribution in [0, 0.1) is 11.3 Å². The first-order valence-electron chi connectivity index (χ1n) is 7.08. The molecule has 0 aromatic heterocycles. The number of hydrogen-bond donors (Lipinski definition) is 1.